The van der Waals surface area contributed by atoms with Gasteiger partial charge in [-0.05, 0) is 0 Å². The van der Waals surface area contributed by atoms with Crippen molar-refractivity contribution in [3.8, 4) is 22.3 Å². The summed E-state index contributed by atoms with van der Waals surface area (Å²) in [6, 6.07) is 56.3. The average molecular weight is 911 g/mol. The molecule has 0 N–H and O–H groups in total. The molecule has 61 heavy (non-hydrogen) atoms. The van der Waals surface area contributed by atoms with Crippen molar-refractivity contribution in [3.63, 3.8) is 0 Å². The minimum atomic E-state index is -3.24. The van der Waals surface area contributed by atoms with Crippen LogP contribution in [0.2, 0.25) is 7.25 Å². The molecule has 4 aliphatic rings. The van der Waals surface area contributed by atoms with E-state index in [1.54, 1.807) is 22.3 Å². The van der Waals surface area contributed by atoms with Crippen LogP contribution in [0.5, 0.6) is 0 Å². The first-order chi connectivity index (χ1) is 29.2. The number of hydrogen-bond acceptors (Lipinski definition) is 0. The van der Waals surface area contributed by atoms with Crippen LogP contribution in [0.15, 0.2) is 157 Å². The monoisotopic (exact) mass is 908 g/mol. The molecule has 2 fully saturated rings. The van der Waals surface area contributed by atoms with E-state index >= 15 is 0 Å². The van der Waals surface area contributed by atoms with Gasteiger partial charge in [0.25, 0.3) is 0 Å². The van der Waals surface area contributed by atoms with E-state index < -0.39 is 20.3 Å². The molecular formula is C58H52Cl2Zr. The Morgan fingerprint density at radius 1 is 0.443 bits per heavy atom. The van der Waals surface area contributed by atoms with Crippen molar-refractivity contribution < 1.29 is 45.1 Å². The van der Waals surface area contributed by atoms with Crippen molar-refractivity contribution in [1.82, 2.24) is 0 Å². The second-order valence-electron chi connectivity index (χ2n) is 18.3. The predicted molar refractivity (Wildman–Crippen MR) is 251 cm³/mol. The summed E-state index contributed by atoms with van der Waals surface area (Å²) in [6.07, 6.45) is 16.1. The molecule has 0 nitrogen and oxygen atoms in total. The van der Waals surface area contributed by atoms with Gasteiger partial charge in [0.1, 0.15) is 0 Å². The fraction of sp³-hybridized carbons (Fsp3) is 0.241. The minimum Gasteiger partial charge on any atom is -1.00 e. The molecule has 4 unspecified atom stereocenters. The zero-order valence-electron chi connectivity index (χ0n) is 35.2. The van der Waals surface area contributed by atoms with Crippen LogP contribution < -0.4 is 24.8 Å². The fourth-order valence-corrected chi connectivity index (χ4v) is 36.6. The van der Waals surface area contributed by atoms with Crippen LogP contribution in [-0.2, 0) is 20.3 Å². The van der Waals surface area contributed by atoms with Crippen molar-refractivity contribution in [2.45, 2.75) is 79.7 Å². The number of allylic oxidation sites excluding steroid dienone is 2. The quantitative estimate of drug-likeness (QED) is 0.133. The molecule has 1 heterocycles. The first kappa shape index (κ1) is 40.8. The van der Waals surface area contributed by atoms with E-state index in [0.29, 0.717) is 7.25 Å². The maximum atomic E-state index is 2.76. The van der Waals surface area contributed by atoms with Crippen LogP contribution in [0, 0.1) is 0 Å². The predicted octanol–water partition coefficient (Wildman–Crippen LogP) is 11.1. The first-order valence-electron chi connectivity index (χ1n) is 22.7. The fourth-order valence-electron chi connectivity index (χ4n) is 13.4. The maximum Gasteiger partial charge on any atom is -1.00 e. The van der Waals surface area contributed by atoms with Crippen molar-refractivity contribution in [2.75, 3.05) is 0 Å². The molecule has 0 spiro atoms. The Hall–Kier alpha value is -4.26. The van der Waals surface area contributed by atoms with Crippen LogP contribution in [0.3, 0.4) is 0 Å². The topological polar surface area (TPSA) is 0 Å². The summed E-state index contributed by atoms with van der Waals surface area (Å²) in [5.41, 5.74) is 15.7. The van der Waals surface area contributed by atoms with Gasteiger partial charge in [0.15, 0.2) is 0 Å². The maximum absolute atomic E-state index is 3.24. The Balaban J connectivity index is 0.00000223. The van der Waals surface area contributed by atoms with Crippen molar-refractivity contribution in [3.05, 3.63) is 179 Å². The molecular weight excluding hydrogens is 859 g/mol. The third-order valence-corrected chi connectivity index (χ3v) is 32.4. The second-order valence-corrected chi connectivity index (χ2v) is 29.7. The Kier molecular flexibility index (Phi) is 10.8. The van der Waals surface area contributed by atoms with Gasteiger partial charge >= 0.3 is 356 Å². The van der Waals surface area contributed by atoms with Crippen LogP contribution >= 0.6 is 0 Å². The Bertz CT molecular complexity index is 2760. The van der Waals surface area contributed by atoms with E-state index in [4.69, 9.17) is 0 Å². The van der Waals surface area contributed by atoms with Crippen molar-refractivity contribution >= 4 is 55.2 Å². The number of rotatable bonds is 8. The van der Waals surface area contributed by atoms with E-state index in [1.807, 2.05) is 0 Å². The van der Waals surface area contributed by atoms with E-state index in [0.717, 1.165) is 7.25 Å². The summed E-state index contributed by atoms with van der Waals surface area (Å²) in [7, 11) is 0. The van der Waals surface area contributed by atoms with Gasteiger partial charge in [-0.25, -0.2) is 0 Å². The Labute approximate surface area is 378 Å². The smallest absolute Gasteiger partial charge is 1.00 e. The van der Waals surface area contributed by atoms with Gasteiger partial charge in [-0.15, -0.1) is 0 Å². The van der Waals surface area contributed by atoms with Crippen molar-refractivity contribution in [2.24, 2.45) is 0 Å². The van der Waals surface area contributed by atoms with Gasteiger partial charge < -0.3 is 24.8 Å². The van der Waals surface area contributed by atoms with E-state index in [2.05, 4.69) is 172 Å². The summed E-state index contributed by atoms with van der Waals surface area (Å²) < 4.78 is 3.17. The molecule has 302 valence electrons. The van der Waals surface area contributed by atoms with E-state index in [-0.39, 0.29) is 24.8 Å². The summed E-state index contributed by atoms with van der Waals surface area (Å²) >= 11 is -3.24. The molecule has 8 aromatic carbocycles. The SMILES string of the molecule is CCCC1=Cc2c(-c3c4ccccc4cc4ccccc34)cccc2[CH]1[Zr+2]1([CH]2C(CCC)=Cc3c(-c4c5ccccc5cc5ccccc45)cccc32)[CH]2CCCC[CH]21.[Cl-].[Cl-]. The number of benzene rings is 8. The van der Waals surface area contributed by atoms with Crippen LogP contribution in [0.1, 0.15) is 94.7 Å². The molecule has 3 aliphatic carbocycles. The molecule has 0 amide bonds. The first-order valence-corrected chi connectivity index (χ1v) is 28.4. The third-order valence-electron chi connectivity index (χ3n) is 15.4. The molecule has 8 aromatic rings. The van der Waals surface area contributed by atoms with E-state index in [1.165, 1.54) is 128 Å². The summed E-state index contributed by atoms with van der Waals surface area (Å²) in [5.74, 6) is 0. The standard InChI is InChI=1S/2C26H21.C6H10.2ClH.Zr/c2*1-2-8-18-15-19-11-7-14-24(25(19)16-18)26-22-12-5-3-9-20(22)17-21-10-4-6-13-23(21)26;1-2-4-6-5-3-1;;;/h2*3-7,9-17H,2,8H2,1H3;1-2H,3-6H2;2*1H;/q;;;;;+2/p-2. The zero-order valence-corrected chi connectivity index (χ0v) is 39.2. The molecule has 1 saturated carbocycles. The van der Waals surface area contributed by atoms with Crippen LogP contribution in [0.25, 0.3) is 77.5 Å². The largest absolute Gasteiger partial charge is 1.00 e. The normalized spacial score (nSPS) is 21.2. The molecule has 0 bridgehead atoms. The third kappa shape index (κ3) is 6.08. The van der Waals surface area contributed by atoms with Gasteiger partial charge in [-0.2, -0.15) is 0 Å². The number of hydrogen-bond donors (Lipinski definition) is 0. The molecule has 12 rings (SSSR count). The summed E-state index contributed by atoms with van der Waals surface area (Å²) in [6.45, 7) is 4.85. The second kappa shape index (κ2) is 16.1. The van der Waals surface area contributed by atoms with Crippen LogP contribution in [0.4, 0.5) is 0 Å². The minimum absolute atomic E-state index is 0. The van der Waals surface area contributed by atoms with E-state index in [9.17, 15) is 0 Å². The van der Waals surface area contributed by atoms with Gasteiger partial charge in [0.2, 0.25) is 0 Å². The Morgan fingerprint density at radius 3 is 1.16 bits per heavy atom. The number of halogens is 2. The van der Waals surface area contributed by atoms with Crippen LogP contribution in [-0.4, -0.2) is 0 Å². The van der Waals surface area contributed by atoms with Gasteiger partial charge in [0.05, 0.1) is 0 Å². The summed E-state index contributed by atoms with van der Waals surface area (Å²) in [4.78, 5) is 0. The van der Waals surface area contributed by atoms with Gasteiger partial charge in [0, 0.05) is 0 Å². The molecule has 1 saturated heterocycles. The van der Waals surface area contributed by atoms with Crippen molar-refractivity contribution in [1.29, 1.82) is 0 Å². The summed E-state index contributed by atoms with van der Waals surface area (Å²) in [5, 5.41) is 10.8. The Morgan fingerprint density at radius 2 is 0.803 bits per heavy atom. The average Bonchev–Trinajstić information content (AvgIpc) is 3.54. The number of fused-ring (bicyclic) bond motifs is 7. The molecule has 4 atom stereocenters. The van der Waals surface area contributed by atoms with Gasteiger partial charge in [-0.3, -0.25) is 0 Å². The van der Waals surface area contributed by atoms with Gasteiger partial charge in [-0.1, -0.05) is 0 Å². The molecule has 3 heteroatoms. The molecule has 0 radical (unpaired) electrons. The zero-order chi connectivity index (χ0) is 39.2. The molecule has 1 aliphatic heterocycles. The molecule has 0 aromatic heterocycles.